The van der Waals surface area contributed by atoms with Gasteiger partial charge >= 0.3 is 5.97 Å². The monoisotopic (exact) mass is 290 g/mol. The molecule has 0 aliphatic carbocycles. The van der Waals surface area contributed by atoms with Crippen LogP contribution in [0.1, 0.15) is 26.7 Å². The number of carboxylic acids is 1. The quantitative estimate of drug-likeness (QED) is 0.796. The van der Waals surface area contributed by atoms with E-state index in [0.29, 0.717) is 35.2 Å². The van der Waals surface area contributed by atoms with Crippen LogP contribution in [-0.4, -0.2) is 17.7 Å². The molecule has 0 heterocycles. The molecule has 1 aromatic carbocycles. The normalized spacial score (nSPS) is 11.3. The molecule has 0 unspecified atom stereocenters. The SMILES string of the molecule is CC(C)(CCCOc1ccc(Cl)cc1Cl)C(=O)O. The van der Waals surface area contributed by atoms with Gasteiger partial charge in [-0.15, -0.1) is 0 Å². The van der Waals surface area contributed by atoms with Crippen molar-refractivity contribution in [1.82, 2.24) is 0 Å². The van der Waals surface area contributed by atoms with Gasteiger partial charge in [0.25, 0.3) is 0 Å². The number of carbonyl (C=O) groups is 1. The molecular formula is C13H16Cl2O3. The van der Waals surface area contributed by atoms with Gasteiger partial charge in [-0.2, -0.15) is 0 Å². The topological polar surface area (TPSA) is 46.5 Å². The Labute approximate surface area is 117 Å². The lowest BCUT2D eigenvalue weighted by Gasteiger charge is -2.18. The van der Waals surface area contributed by atoms with Gasteiger partial charge in [0.05, 0.1) is 17.0 Å². The number of benzene rings is 1. The van der Waals surface area contributed by atoms with Gasteiger partial charge in [-0.25, -0.2) is 0 Å². The van der Waals surface area contributed by atoms with E-state index in [9.17, 15) is 4.79 Å². The summed E-state index contributed by atoms with van der Waals surface area (Å²) in [6, 6.07) is 5.01. The van der Waals surface area contributed by atoms with Gasteiger partial charge in [-0.3, -0.25) is 4.79 Å². The van der Waals surface area contributed by atoms with E-state index in [1.807, 2.05) is 0 Å². The third-order valence-electron chi connectivity index (χ3n) is 2.68. The van der Waals surface area contributed by atoms with Crippen LogP contribution in [0.2, 0.25) is 10.0 Å². The van der Waals surface area contributed by atoms with Crippen LogP contribution in [0.15, 0.2) is 18.2 Å². The standard InChI is InChI=1S/C13H16Cl2O3/c1-13(2,12(16)17)6-3-7-18-11-5-4-9(14)8-10(11)15/h4-5,8H,3,6-7H2,1-2H3,(H,16,17). The third-order valence-corrected chi connectivity index (χ3v) is 3.21. The van der Waals surface area contributed by atoms with Gasteiger partial charge in [0, 0.05) is 5.02 Å². The molecule has 5 heteroatoms. The number of hydrogen-bond donors (Lipinski definition) is 1. The smallest absolute Gasteiger partial charge is 0.309 e. The molecule has 0 aromatic heterocycles. The van der Waals surface area contributed by atoms with E-state index < -0.39 is 11.4 Å². The number of carboxylic acid groups (broad SMARTS) is 1. The Morgan fingerprint density at radius 2 is 2.06 bits per heavy atom. The van der Waals surface area contributed by atoms with Crippen molar-refractivity contribution in [1.29, 1.82) is 0 Å². The Morgan fingerprint density at radius 1 is 1.39 bits per heavy atom. The summed E-state index contributed by atoms with van der Waals surface area (Å²) in [6.45, 7) is 3.83. The summed E-state index contributed by atoms with van der Waals surface area (Å²) in [6.07, 6.45) is 1.20. The minimum atomic E-state index is -0.799. The third kappa shape index (κ3) is 4.39. The first-order valence-electron chi connectivity index (χ1n) is 5.64. The Morgan fingerprint density at radius 3 is 2.61 bits per heavy atom. The Bertz CT molecular complexity index is 430. The highest BCUT2D eigenvalue weighted by Crippen LogP contribution is 2.28. The fourth-order valence-electron chi connectivity index (χ4n) is 1.40. The number of rotatable bonds is 6. The molecule has 0 fully saturated rings. The van der Waals surface area contributed by atoms with Gasteiger partial charge in [-0.05, 0) is 44.9 Å². The van der Waals surface area contributed by atoms with Crippen LogP contribution in [-0.2, 0) is 4.79 Å². The highest BCUT2D eigenvalue weighted by atomic mass is 35.5. The van der Waals surface area contributed by atoms with Crippen LogP contribution < -0.4 is 4.74 Å². The van der Waals surface area contributed by atoms with Crippen LogP contribution in [0.25, 0.3) is 0 Å². The molecule has 0 saturated carbocycles. The first-order valence-corrected chi connectivity index (χ1v) is 6.40. The van der Waals surface area contributed by atoms with Crippen LogP contribution in [0, 0.1) is 5.41 Å². The highest BCUT2D eigenvalue weighted by molar-refractivity contribution is 6.35. The van der Waals surface area contributed by atoms with Crippen molar-refractivity contribution in [3.05, 3.63) is 28.2 Å². The van der Waals surface area contributed by atoms with Crippen molar-refractivity contribution < 1.29 is 14.6 Å². The molecule has 0 aliphatic rings. The van der Waals surface area contributed by atoms with E-state index in [-0.39, 0.29) is 0 Å². The fourth-order valence-corrected chi connectivity index (χ4v) is 1.86. The average molecular weight is 291 g/mol. The Hall–Kier alpha value is -0.930. The number of ether oxygens (including phenoxy) is 1. The van der Waals surface area contributed by atoms with Crippen LogP contribution in [0.5, 0.6) is 5.75 Å². The van der Waals surface area contributed by atoms with Gasteiger partial charge in [0.15, 0.2) is 0 Å². The second-order valence-corrected chi connectivity index (χ2v) is 5.56. The Kier molecular flexibility index (Phi) is 5.29. The van der Waals surface area contributed by atoms with Gasteiger partial charge < -0.3 is 9.84 Å². The molecular weight excluding hydrogens is 275 g/mol. The van der Waals surface area contributed by atoms with Crippen molar-refractivity contribution in [2.24, 2.45) is 5.41 Å². The molecule has 0 aliphatic heterocycles. The predicted molar refractivity (Wildman–Crippen MR) is 72.6 cm³/mol. The average Bonchev–Trinajstić information content (AvgIpc) is 2.26. The zero-order chi connectivity index (χ0) is 13.8. The molecule has 0 amide bonds. The first-order chi connectivity index (χ1) is 8.33. The van der Waals surface area contributed by atoms with Crippen LogP contribution >= 0.6 is 23.2 Å². The summed E-state index contributed by atoms with van der Waals surface area (Å²) in [5.74, 6) is -0.235. The summed E-state index contributed by atoms with van der Waals surface area (Å²) in [5, 5.41) is 9.97. The van der Waals surface area contributed by atoms with Crippen molar-refractivity contribution in [2.45, 2.75) is 26.7 Å². The zero-order valence-corrected chi connectivity index (χ0v) is 11.9. The molecule has 18 heavy (non-hydrogen) atoms. The van der Waals surface area contributed by atoms with Crippen LogP contribution in [0.4, 0.5) is 0 Å². The van der Waals surface area contributed by atoms with Crippen molar-refractivity contribution in [3.63, 3.8) is 0 Å². The fraction of sp³-hybridized carbons (Fsp3) is 0.462. The van der Waals surface area contributed by atoms with Crippen molar-refractivity contribution >= 4 is 29.2 Å². The van der Waals surface area contributed by atoms with E-state index in [1.165, 1.54) is 0 Å². The van der Waals surface area contributed by atoms with E-state index in [0.717, 1.165) is 0 Å². The lowest BCUT2D eigenvalue weighted by molar-refractivity contribution is -0.147. The van der Waals surface area contributed by atoms with E-state index in [1.54, 1.807) is 32.0 Å². The first kappa shape index (κ1) is 15.1. The van der Waals surface area contributed by atoms with Crippen molar-refractivity contribution in [3.8, 4) is 5.75 Å². The summed E-state index contributed by atoms with van der Waals surface area (Å²) < 4.78 is 5.48. The van der Waals surface area contributed by atoms with Gasteiger partial charge in [0.1, 0.15) is 5.75 Å². The second-order valence-electron chi connectivity index (χ2n) is 4.72. The maximum Gasteiger partial charge on any atom is 0.309 e. The largest absolute Gasteiger partial charge is 0.492 e. The minimum absolute atomic E-state index is 0.429. The number of hydrogen-bond acceptors (Lipinski definition) is 2. The zero-order valence-electron chi connectivity index (χ0n) is 10.4. The molecule has 0 spiro atoms. The molecule has 1 rings (SSSR count). The summed E-state index contributed by atoms with van der Waals surface area (Å²) in [5.41, 5.74) is -0.729. The van der Waals surface area contributed by atoms with Gasteiger partial charge in [0.2, 0.25) is 0 Å². The summed E-state index contributed by atoms with van der Waals surface area (Å²) >= 11 is 11.7. The van der Waals surface area contributed by atoms with Crippen LogP contribution in [0.3, 0.4) is 0 Å². The molecule has 1 aromatic rings. The molecule has 0 radical (unpaired) electrons. The van der Waals surface area contributed by atoms with Gasteiger partial charge in [-0.1, -0.05) is 23.2 Å². The number of aliphatic carboxylic acids is 1. The summed E-state index contributed by atoms with van der Waals surface area (Å²) in [4.78, 5) is 10.9. The molecule has 0 bridgehead atoms. The van der Waals surface area contributed by atoms with E-state index in [4.69, 9.17) is 33.0 Å². The predicted octanol–water partition coefficient (Wildman–Crippen LogP) is 4.26. The minimum Gasteiger partial charge on any atom is -0.492 e. The van der Waals surface area contributed by atoms with Crippen molar-refractivity contribution in [2.75, 3.05) is 6.61 Å². The molecule has 100 valence electrons. The molecule has 1 N–H and O–H groups in total. The molecule has 0 atom stereocenters. The maximum atomic E-state index is 10.9. The van der Waals surface area contributed by atoms with E-state index >= 15 is 0 Å². The number of halogens is 2. The lowest BCUT2D eigenvalue weighted by Crippen LogP contribution is -2.24. The molecule has 0 saturated heterocycles. The molecule has 3 nitrogen and oxygen atoms in total. The Balaban J connectivity index is 2.41. The summed E-state index contributed by atoms with van der Waals surface area (Å²) in [7, 11) is 0. The highest BCUT2D eigenvalue weighted by Gasteiger charge is 2.26. The lowest BCUT2D eigenvalue weighted by atomic mass is 9.88. The second kappa shape index (κ2) is 6.30. The maximum absolute atomic E-state index is 10.9. The van der Waals surface area contributed by atoms with E-state index in [2.05, 4.69) is 0 Å².